The Labute approximate surface area is 73.7 Å². The highest BCUT2D eigenvalue weighted by Gasteiger charge is 1.95. The molecule has 0 aliphatic rings. The van der Waals surface area contributed by atoms with Gasteiger partial charge in [0, 0.05) is 0 Å². The van der Waals surface area contributed by atoms with Gasteiger partial charge in [-0.1, -0.05) is 18.2 Å². The first kappa shape index (κ1) is 8.85. The molecule has 0 aliphatic carbocycles. The first-order valence-electron chi connectivity index (χ1n) is 4.05. The van der Waals surface area contributed by atoms with Gasteiger partial charge in [0.2, 0.25) is 0 Å². The molecule has 0 amide bonds. The number of methoxy groups -OCH3 is 1. The van der Waals surface area contributed by atoms with E-state index in [0.717, 1.165) is 5.75 Å². The zero-order chi connectivity index (χ0) is 8.97. The summed E-state index contributed by atoms with van der Waals surface area (Å²) in [5.41, 5.74) is 2.49. The van der Waals surface area contributed by atoms with Gasteiger partial charge in [0.25, 0.3) is 0 Å². The summed E-state index contributed by atoms with van der Waals surface area (Å²) in [6.07, 6.45) is 2.09. The Bertz CT molecular complexity index is 287. The topological polar surface area (TPSA) is 9.23 Å². The molecule has 0 heterocycles. The van der Waals surface area contributed by atoms with Gasteiger partial charge in [0.15, 0.2) is 0 Å². The highest BCUT2D eigenvalue weighted by molar-refractivity contribution is 5.64. The van der Waals surface area contributed by atoms with Gasteiger partial charge in [-0.25, -0.2) is 0 Å². The summed E-state index contributed by atoms with van der Waals surface area (Å²) in [5, 5.41) is 0. The van der Waals surface area contributed by atoms with Crippen LogP contribution in [0, 0.1) is 0 Å². The molecule has 12 heavy (non-hydrogen) atoms. The number of rotatable bonds is 2. The Morgan fingerprint density at radius 2 is 2.17 bits per heavy atom. The molecule has 0 N–H and O–H groups in total. The van der Waals surface area contributed by atoms with E-state index in [1.165, 1.54) is 11.1 Å². The summed E-state index contributed by atoms with van der Waals surface area (Å²) in [7, 11) is 1.68. The van der Waals surface area contributed by atoms with Crippen molar-refractivity contribution in [2.45, 2.75) is 13.8 Å². The van der Waals surface area contributed by atoms with Gasteiger partial charge in [-0.2, -0.15) is 0 Å². The second kappa shape index (κ2) is 3.96. The summed E-state index contributed by atoms with van der Waals surface area (Å²) >= 11 is 0. The van der Waals surface area contributed by atoms with Crippen LogP contribution < -0.4 is 4.74 Å². The summed E-state index contributed by atoms with van der Waals surface area (Å²) in [5.74, 6) is 0.911. The van der Waals surface area contributed by atoms with Gasteiger partial charge in [0.05, 0.1) is 7.11 Å². The highest BCUT2D eigenvalue weighted by Crippen LogP contribution is 2.18. The molecule has 0 spiro atoms. The molecule has 0 fully saturated rings. The van der Waals surface area contributed by atoms with E-state index in [-0.39, 0.29) is 0 Å². The molecule has 0 atom stereocenters. The Morgan fingerprint density at radius 1 is 1.42 bits per heavy atom. The third-order valence-electron chi connectivity index (χ3n) is 1.96. The SMILES string of the molecule is C/C=C(\C)c1cccc(OC)c1. The van der Waals surface area contributed by atoms with E-state index in [4.69, 9.17) is 4.74 Å². The largest absolute Gasteiger partial charge is 0.497 e. The fourth-order valence-corrected chi connectivity index (χ4v) is 1.04. The maximum atomic E-state index is 5.12. The number of benzene rings is 1. The lowest BCUT2D eigenvalue weighted by Gasteiger charge is -2.03. The fourth-order valence-electron chi connectivity index (χ4n) is 1.04. The van der Waals surface area contributed by atoms with Crippen LogP contribution in [0.4, 0.5) is 0 Å². The van der Waals surface area contributed by atoms with Crippen molar-refractivity contribution in [3.63, 3.8) is 0 Å². The molecule has 1 rings (SSSR count). The molecule has 0 unspecified atom stereocenters. The molecule has 0 radical (unpaired) electrons. The van der Waals surface area contributed by atoms with Crippen LogP contribution in [0.1, 0.15) is 19.4 Å². The van der Waals surface area contributed by atoms with Gasteiger partial charge in [0.1, 0.15) is 5.75 Å². The average Bonchev–Trinajstić information content (AvgIpc) is 2.17. The summed E-state index contributed by atoms with van der Waals surface area (Å²) < 4.78 is 5.12. The molecule has 64 valence electrons. The Hall–Kier alpha value is -1.24. The first-order chi connectivity index (χ1) is 5.77. The zero-order valence-corrected chi connectivity index (χ0v) is 7.79. The second-order valence-electron chi connectivity index (χ2n) is 2.70. The van der Waals surface area contributed by atoms with Crippen LogP contribution in [0.25, 0.3) is 5.57 Å². The summed E-state index contributed by atoms with van der Waals surface area (Å²) in [6, 6.07) is 8.07. The predicted octanol–water partition coefficient (Wildman–Crippen LogP) is 3.12. The highest BCUT2D eigenvalue weighted by atomic mass is 16.5. The normalized spacial score (nSPS) is 11.4. The molecule has 1 heteroatoms. The lowest BCUT2D eigenvalue weighted by Crippen LogP contribution is -1.84. The quantitative estimate of drug-likeness (QED) is 0.649. The second-order valence-corrected chi connectivity index (χ2v) is 2.70. The first-order valence-corrected chi connectivity index (χ1v) is 4.05. The van der Waals surface area contributed by atoms with Crippen molar-refractivity contribution in [3.05, 3.63) is 35.9 Å². The predicted molar refractivity (Wildman–Crippen MR) is 52.3 cm³/mol. The van der Waals surface area contributed by atoms with Crippen molar-refractivity contribution in [1.82, 2.24) is 0 Å². The number of allylic oxidation sites excluding steroid dienone is 2. The molecular weight excluding hydrogens is 148 g/mol. The maximum Gasteiger partial charge on any atom is 0.119 e. The lowest BCUT2D eigenvalue weighted by molar-refractivity contribution is 0.414. The minimum absolute atomic E-state index is 0.911. The van der Waals surface area contributed by atoms with Crippen LogP contribution in [0.3, 0.4) is 0 Å². The smallest absolute Gasteiger partial charge is 0.119 e. The third kappa shape index (κ3) is 1.88. The van der Waals surface area contributed by atoms with Crippen molar-refractivity contribution in [2.75, 3.05) is 7.11 Å². The molecule has 0 aliphatic heterocycles. The van der Waals surface area contributed by atoms with Crippen LogP contribution in [0.5, 0.6) is 5.75 Å². The minimum atomic E-state index is 0.911. The minimum Gasteiger partial charge on any atom is -0.497 e. The Morgan fingerprint density at radius 3 is 2.75 bits per heavy atom. The maximum absolute atomic E-state index is 5.12. The Kier molecular flexibility index (Phi) is 2.92. The van der Waals surface area contributed by atoms with Crippen molar-refractivity contribution >= 4 is 5.57 Å². The van der Waals surface area contributed by atoms with Gasteiger partial charge in [-0.3, -0.25) is 0 Å². The van der Waals surface area contributed by atoms with E-state index < -0.39 is 0 Å². The molecule has 0 bridgehead atoms. The molecule has 1 aromatic rings. The van der Waals surface area contributed by atoms with E-state index in [1.54, 1.807) is 7.11 Å². The van der Waals surface area contributed by atoms with E-state index in [0.29, 0.717) is 0 Å². The van der Waals surface area contributed by atoms with Crippen molar-refractivity contribution in [3.8, 4) is 5.75 Å². The van der Waals surface area contributed by atoms with Crippen molar-refractivity contribution in [2.24, 2.45) is 0 Å². The number of hydrogen-bond donors (Lipinski definition) is 0. The van der Waals surface area contributed by atoms with Gasteiger partial charge in [-0.15, -0.1) is 0 Å². The van der Waals surface area contributed by atoms with Crippen LogP contribution in [0.2, 0.25) is 0 Å². The van der Waals surface area contributed by atoms with E-state index >= 15 is 0 Å². The Balaban J connectivity index is 3.02. The van der Waals surface area contributed by atoms with Crippen LogP contribution >= 0.6 is 0 Å². The van der Waals surface area contributed by atoms with E-state index in [9.17, 15) is 0 Å². The van der Waals surface area contributed by atoms with Gasteiger partial charge < -0.3 is 4.74 Å². The lowest BCUT2D eigenvalue weighted by atomic mass is 10.1. The van der Waals surface area contributed by atoms with Crippen LogP contribution in [0.15, 0.2) is 30.3 Å². The van der Waals surface area contributed by atoms with Crippen LogP contribution in [-0.4, -0.2) is 7.11 Å². The fraction of sp³-hybridized carbons (Fsp3) is 0.273. The monoisotopic (exact) mass is 162 g/mol. The summed E-state index contributed by atoms with van der Waals surface area (Å²) in [6.45, 7) is 4.13. The molecule has 1 aromatic carbocycles. The van der Waals surface area contributed by atoms with E-state index in [2.05, 4.69) is 19.1 Å². The number of hydrogen-bond acceptors (Lipinski definition) is 1. The van der Waals surface area contributed by atoms with Crippen LogP contribution in [-0.2, 0) is 0 Å². The number of ether oxygens (including phenoxy) is 1. The molecular formula is C11H14O. The average molecular weight is 162 g/mol. The summed E-state index contributed by atoms with van der Waals surface area (Å²) in [4.78, 5) is 0. The van der Waals surface area contributed by atoms with Gasteiger partial charge in [-0.05, 0) is 37.1 Å². The molecule has 0 aromatic heterocycles. The third-order valence-corrected chi connectivity index (χ3v) is 1.96. The molecule has 1 nitrogen and oxygen atoms in total. The van der Waals surface area contributed by atoms with Crippen molar-refractivity contribution < 1.29 is 4.74 Å². The standard InChI is InChI=1S/C11H14O/c1-4-9(2)10-6-5-7-11(8-10)12-3/h4-8H,1-3H3/b9-4+. The molecule has 0 saturated carbocycles. The van der Waals surface area contributed by atoms with E-state index in [1.807, 2.05) is 25.1 Å². The van der Waals surface area contributed by atoms with Crippen molar-refractivity contribution in [1.29, 1.82) is 0 Å². The molecule has 0 saturated heterocycles. The van der Waals surface area contributed by atoms with Gasteiger partial charge >= 0.3 is 0 Å². The zero-order valence-electron chi connectivity index (χ0n) is 7.79.